The minimum Gasteiger partial charge on any atom is -0.391 e. The van der Waals surface area contributed by atoms with Gasteiger partial charge in [0, 0.05) is 36.9 Å². The number of aliphatic hydroxyl groups is 1. The summed E-state index contributed by atoms with van der Waals surface area (Å²) >= 11 is 1.57. The van der Waals surface area contributed by atoms with Gasteiger partial charge in [-0.3, -0.25) is 4.79 Å². The van der Waals surface area contributed by atoms with Crippen LogP contribution in [0.5, 0.6) is 0 Å². The molecule has 0 radical (unpaired) electrons. The zero-order valence-electron chi connectivity index (χ0n) is 12.4. The van der Waals surface area contributed by atoms with Crippen molar-refractivity contribution in [2.24, 2.45) is 5.92 Å². The molecule has 2 aromatic heterocycles. The minimum absolute atomic E-state index is 0.0289. The first-order valence-electron chi connectivity index (χ1n) is 7.44. The average molecular weight is 321 g/mol. The van der Waals surface area contributed by atoms with Crippen LogP contribution in [0.4, 0.5) is 0 Å². The molecule has 0 spiro atoms. The number of amides is 1. The number of aryl methyl sites for hydroxylation is 1. The highest BCUT2D eigenvalue weighted by Crippen LogP contribution is 2.20. The third kappa shape index (κ3) is 3.36. The predicted molar refractivity (Wildman–Crippen MR) is 82.3 cm³/mol. The van der Waals surface area contributed by atoms with Crippen molar-refractivity contribution >= 4 is 17.2 Å². The SMILES string of the molecule is CC1CCN(C(=O)CCc2nc(-c3ccsc3)no2)CC1O. The summed E-state index contributed by atoms with van der Waals surface area (Å²) in [6, 6.07) is 1.93. The van der Waals surface area contributed by atoms with Gasteiger partial charge in [-0.2, -0.15) is 16.3 Å². The molecule has 118 valence electrons. The Hall–Kier alpha value is -1.73. The molecule has 0 saturated carbocycles. The van der Waals surface area contributed by atoms with Crippen molar-refractivity contribution in [3.63, 3.8) is 0 Å². The number of aliphatic hydroxyl groups excluding tert-OH is 1. The van der Waals surface area contributed by atoms with E-state index >= 15 is 0 Å². The maximum atomic E-state index is 12.2. The molecule has 2 unspecified atom stereocenters. The number of thiophene rings is 1. The van der Waals surface area contributed by atoms with Gasteiger partial charge in [0.05, 0.1) is 6.10 Å². The van der Waals surface area contributed by atoms with Crippen LogP contribution in [-0.2, 0) is 11.2 Å². The molecule has 22 heavy (non-hydrogen) atoms. The number of piperidine rings is 1. The topological polar surface area (TPSA) is 79.5 Å². The van der Waals surface area contributed by atoms with E-state index in [0.29, 0.717) is 37.6 Å². The number of hydrogen-bond acceptors (Lipinski definition) is 6. The highest BCUT2D eigenvalue weighted by Gasteiger charge is 2.27. The number of carbonyl (C=O) groups is 1. The fourth-order valence-corrected chi connectivity index (χ4v) is 3.15. The number of likely N-dealkylation sites (tertiary alicyclic amines) is 1. The Bertz CT molecular complexity index is 626. The molecule has 1 aliphatic heterocycles. The van der Waals surface area contributed by atoms with E-state index in [4.69, 9.17) is 4.52 Å². The summed E-state index contributed by atoms with van der Waals surface area (Å²) in [6.07, 6.45) is 1.17. The predicted octanol–water partition coefficient (Wildman–Crippen LogP) is 1.96. The van der Waals surface area contributed by atoms with Gasteiger partial charge in [-0.05, 0) is 23.8 Å². The van der Waals surface area contributed by atoms with Gasteiger partial charge >= 0.3 is 0 Å². The largest absolute Gasteiger partial charge is 0.391 e. The number of aromatic nitrogens is 2. The number of nitrogens with zero attached hydrogens (tertiary/aromatic N) is 3. The summed E-state index contributed by atoms with van der Waals surface area (Å²) in [4.78, 5) is 18.2. The first kappa shape index (κ1) is 15.2. The average Bonchev–Trinajstić information content (AvgIpc) is 3.18. The lowest BCUT2D eigenvalue weighted by molar-refractivity contribution is -0.135. The van der Waals surface area contributed by atoms with Crippen LogP contribution in [0.3, 0.4) is 0 Å². The molecule has 1 amide bonds. The van der Waals surface area contributed by atoms with Gasteiger partial charge in [-0.1, -0.05) is 12.1 Å². The normalized spacial score (nSPS) is 22.0. The van der Waals surface area contributed by atoms with Crippen molar-refractivity contribution in [3.8, 4) is 11.4 Å². The first-order valence-corrected chi connectivity index (χ1v) is 8.39. The molecule has 0 aromatic carbocycles. The maximum Gasteiger partial charge on any atom is 0.227 e. The van der Waals surface area contributed by atoms with E-state index in [-0.39, 0.29) is 11.8 Å². The lowest BCUT2D eigenvalue weighted by Gasteiger charge is -2.34. The van der Waals surface area contributed by atoms with Crippen LogP contribution in [0, 0.1) is 5.92 Å². The molecular formula is C15H19N3O3S. The minimum atomic E-state index is -0.425. The monoisotopic (exact) mass is 321 g/mol. The fraction of sp³-hybridized carbons (Fsp3) is 0.533. The smallest absolute Gasteiger partial charge is 0.227 e. The Labute approximate surface area is 132 Å². The van der Waals surface area contributed by atoms with Gasteiger partial charge in [0.1, 0.15) is 0 Å². The maximum absolute atomic E-state index is 12.2. The molecule has 1 fully saturated rings. The van der Waals surface area contributed by atoms with Crippen LogP contribution in [0.15, 0.2) is 21.3 Å². The standard InChI is InChI=1S/C15H19N3O3S/c1-10-4-6-18(8-12(10)19)14(20)3-2-13-16-15(17-21-13)11-5-7-22-9-11/h5,7,9-10,12,19H,2-4,6,8H2,1H3. The van der Waals surface area contributed by atoms with Crippen LogP contribution >= 0.6 is 11.3 Å². The molecule has 7 heteroatoms. The van der Waals surface area contributed by atoms with E-state index < -0.39 is 6.10 Å². The van der Waals surface area contributed by atoms with Gasteiger partial charge in [0.25, 0.3) is 0 Å². The second-order valence-corrected chi connectivity index (χ2v) is 6.48. The van der Waals surface area contributed by atoms with Crippen LogP contribution in [0.1, 0.15) is 25.7 Å². The van der Waals surface area contributed by atoms with Gasteiger partial charge < -0.3 is 14.5 Å². The molecule has 6 nitrogen and oxygen atoms in total. The zero-order valence-corrected chi connectivity index (χ0v) is 13.3. The Morgan fingerprint density at radius 3 is 3.18 bits per heavy atom. The van der Waals surface area contributed by atoms with Crippen LogP contribution in [0.2, 0.25) is 0 Å². The van der Waals surface area contributed by atoms with Crippen molar-refractivity contribution in [1.29, 1.82) is 0 Å². The number of β-amino-alcohol motifs (C(OH)–C–C–N with tert-alkyl or cyclic N) is 1. The number of hydrogen-bond donors (Lipinski definition) is 1. The molecule has 3 rings (SSSR count). The van der Waals surface area contributed by atoms with E-state index in [1.165, 1.54) is 0 Å². The van der Waals surface area contributed by atoms with Gasteiger partial charge in [0.15, 0.2) is 0 Å². The molecule has 2 aromatic rings. The second kappa shape index (κ2) is 6.58. The van der Waals surface area contributed by atoms with E-state index in [1.807, 2.05) is 23.8 Å². The Morgan fingerprint density at radius 2 is 2.45 bits per heavy atom. The zero-order chi connectivity index (χ0) is 15.5. The van der Waals surface area contributed by atoms with Crippen LogP contribution in [-0.4, -0.2) is 45.2 Å². The van der Waals surface area contributed by atoms with Gasteiger partial charge in [0.2, 0.25) is 17.6 Å². The summed E-state index contributed by atoms with van der Waals surface area (Å²) in [5, 5.41) is 17.7. The van der Waals surface area contributed by atoms with E-state index in [2.05, 4.69) is 10.1 Å². The summed E-state index contributed by atoms with van der Waals surface area (Å²) in [5.41, 5.74) is 0.930. The highest BCUT2D eigenvalue weighted by atomic mass is 32.1. The fourth-order valence-electron chi connectivity index (χ4n) is 2.51. The third-order valence-corrected chi connectivity index (χ3v) is 4.75. The Morgan fingerprint density at radius 1 is 1.59 bits per heavy atom. The van der Waals surface area contributed by atoms with Crippen molar-refractivity contribution in [1.82, 2.24) is 15.0 Å². The lowest BCUT2D eigenvalue weighted by Crippen LogP contribution is -2.45. The Balaban J connectivity index is 1.53. The molecule has 1 saturated heterocycles. The second-order valence-electron chi connectivity index (χ2n) is 5.70. The molecule has 0 aliphatic carbocycles. The summed E-state index contributed by atoms with van der Waals surface area (Å²) in [6.45, 7) is 3.14. The first-order chi connectivity index (χ1) is 10.6. The van der Waals surface area contributed by atoms with Crippen molar-refractivity contribution in [2.75, 3.05) is 13.1 Å². The number of carbonyl (C=O) groups excluding carboxylic acids is 1. The van der Waals surface area contributed by atoms with Crippen LogP contribution in [0.25, 0.3) is 11.4 Å². The summed E-state index contributed by atoms with van der Waals surface area (Å²) < 4.78 is 5.19. The molecule has 1 aliphatic rings. The molecule has 3 heterocycles. The molecule has 0 bridgehead atoms. The highest BCUT2D eigenvalue weighted by molar-refractivity contribution is 7.08. The van der Waals surface area contributed by atoms with E-state index in [9.17, 15) is 9.90 Å². The van der Waals surface area contributed by atoms with E-state index in [1.54, 1.807) is 16.2 Å². The van der Waals surface area contributed by atoms with Crippen molar-refractivity contribution in [3.05, 3.63) is 22.7 Å². The van der Waals surface area contributed by atoms with Crippen molar-refractivity contribution in [2.45, 2.75) is 32.3 Å². The Kier molecular flexibility index (Phi) is 4.54. The molecule has 1 N–H and O–H groups in total. The third-order valence-electron chi connectivity index (χ3n) is 4.07. The summed E-state index contributed by atoms with van der Waals surface area (Å²) in [5.74, 6) is 1.32. The van der Waals surface area contributed by atoms with E-state index in [0.717, 1.165) is 12.0 Å². The van der Waals surface area contributed by atoms with Crippen LogP contribution < -0.4 is 0 Å². The number of rotatable bonds is 4. The quantitative estimate of drug-likeness (QED) is 0.931. The molecule has 2 atom stereocenters. The van der Waals surface area contributed by atoms with Crippen molar-refractivity contribution < 1.29 is 14.4 Å². The lowest BCUT2D eigenvalue weighted by atomic mass is 9.96. The summed E-state index contributed by atoms with van der Waals surface area (Å²) in [7, 11) is 0. The molecular weight excluding hydrogens is 302 g/mol. The van der Waals surface area contributed by atoms with Gasteiger partial charge in [-0.15, -0.1) is 0 Å². The van der Waals surface area contributed by atoms with Gasteiger partial charge in [-0.25, -0.2) is 0 Å².